The van der Waals surface area contributed by atoms with E-state index in [1.165, 1.54) is 0 Å². The number of nitrogens with one attached hydrogen (secondary N) is 3. The van der Waals surface area contributed by atoms with Gasteiger partial charge in [-0.25, -0.2) is 14.8 Å². The summed E-state index contributed by atoms with van der Waals surface area (Å²) in [4.78, 5) is 68.9. The van der Waals surface area contributed by atoms with E-state index in [-0.39, 0.29) is 49.6 Å². The zero-order valence-electron chi connectivity index (χ0n) is 30.2. The van der Waals surface area contributed by atoms with E-state index < -0.39 is 29.4 Å². The molecule has 0 spiro atoms. The molecule has 0 bridgehead atoms. The molecule has 0 fully saturated rings. The second-order valence-corrected chi connectivity index (χ2v) is 13.0. The molecular formula is C34H50N10O7. The number of amides is 3. The third-order valence-corrected chi connectivity index (χ3v) is 7.23. The molecule has 0 saturated carbocycles. The minimum atomic E-state index is -1.03. The highest BCUT2D eigenvalue weighted by Crippen LogP contribution is 2.19. The quantitative estimate of drug-likeness (QED) is 0.0873. The van der Waals surface area contributed by atoms with Crippen molar-refractivity contribution in [3.8, 4) is 0 Å². The van der Waals surface area contributed by atoms with Gasteiger partial charge < -0.3 is 46.5 Å². The Kier molecular flexibility index (Phi) is 15.2. The van der Waals surface area contributed by atoms with E-state index in [4.69, 9.17) is 25.7 Å². The number of rotatable bonds is 19. The van der Waals surface area contributed by atoms with Gasteiger partial charge in [0.2, 0.25) is 17.8 Å². The molecule has 0 aliphatic carbocycles. The molecule has 17 heteroatoms. The largest absolute Gasteiger partial charge is 0.461 e. The van der Waals surface area contributed by atoms with Crippen molar-refractivity contribution in [1.29, 1.82) is 0 Å². The number of nitrogens with zero attached hydrogens (tertiary/aromatic N) is 5. The third kappa shape index (κ3) is 13.6. The maximum atomic E-state index is 13.1. The number of hydrogen-bond donors (Lipinski definition) is 5. The molecule has 3 rings (SSSR count). The van der Waals surface area contributed by atoms with Crippen LogP contribution in [0, 0.1) is 5.41 Å². The number of nitrogens with two attached hydrogens (primary N) is 2. The first-order valence-corrected chi connectivity index (χ1v) is 16.7. The Hall–Kier alpha value is -5.16. The lowest BCUT2D eigenvalue weighted by Gasteiger charge is -2.20. The third-order valence-electron chi connectivity index (χ3n) is 7.23. The Balaban J connectivity index is 1.43. The van der Waals surface area contributed by atoms with Crippen molar-refractivity contribution in [3.05, 3.63) is 41.7 Å². The molecule has 7 N–H and O–H groups in total. The Morgan fingerprint density at radius 2 is 1.55 bits per heavy atom. The van der Waals surface area contributed by atoms with Crippen molar-refractivity contribution in [2.45, 2.75) is 66.2 Å². The van der Waals surface area contributed by atoms with Crippen molar-refractivity contribution in [3.63, 3.8) is 0 Å². The fourth-order valence-electron chi connectivity index (χ4n) is 4.52. The van der Waals surface area contributed by atoms with Crippen molar-refractivity contribution < 1.29 is 33.4 Å². The smallest absolute Gasteiger partial charge is 0.328 e. The second-order valence-electron chi connectivity index (χ2n) is 13.0. The minimum absolute atomic E-state index is 0.0189. The van der Waals surface area contributed by atoms with Crippen LogP contribution in [-0.4, -0.2) is 102 Å². The zero-order valence-corrected chi connectivity index (χ0v) is 30.2. The van der Waals surface area contributed by atoms with Crippen molar-refractivity contribution in [1.82, 2.24) is 35.9 Å². The van der Waals surface area contributed by atoms with Crippen LogP contribution in [0.4, 0.5) is 17.5 Å². The highest BCUT2D eigenvalue weighted by Gasteiger charge is 2.25. The van der Waals surface area contributed by atoms with Crippen molar-refractivity contribution in [2.24, 2.45) is 5.41 Å². The summed E-state index contributed by atoms with van der Waals surface area (Å²) in [5.41, 5.74) is 13.5. The van der Waals surface area contributed by atoms with Gasteiger partial charge in [-0.3, -0.25) is 14.4 Å². The number of aromatic nitrogens is 4. The molecule has 2 aromatic heterocycles. The van der Waals surface area contributed by atoms with Crippen LogP contribution in [0.2, 0.25) is 0 Å². The molecular weight excluding hydrogens is 660 g/mol. The molecule has 0 saturated heterocycles. The molecule has 0 radical (unpaired) electrons. The van der Waals surface area contributed by atoms with Crippen LogP contribution in [0.25, 0.3) is 11.2 Å². The van der Waals surface area contributed by atoms with Crippen molar-refractivity contribution in [2.75, 3.05) is 62.9 Å². The van der Waals surface area contributed by atoms with Crippen LogP contribution in [0.5, 0.6) is 0 Å². The van der Waals surface area contributed by atoms with Gasteiger partial charge in [0, 0.05) is 43.2 Å². The van der Waals surface area contributed by atoms with Gasteiger partial charge in [0.15, 0.2) is 17.0 Å². The molecule has 3 amide bonds. The average molecular weight is 711 g/mol. The van der Waals surface area contributed by atoms with Gasteiger partial charge in [-0.15, -0.1) is 0 Å². The fraction of sp³-hybridized carbons (Fsp3) is 0.529. The molecule has 1 atom stereocenters. The number of nitrogen functional groups attached to an aromatic ring is 2. The lowest BCUT2D eigenvalue weighted by atomic mass is 9.96. The van der Waals surface area contributed by atoms with E-state index in [9.17, 15) is 19.2 Å². The topological polar surface area (TPSA) is 239 Å². The zero-order chi connectivity index (χ0) is 37.6. The number of benzene rings is 1. The van der Waals surface area contributed by atoms with Crippen LogP contribution >= 0.6 is 0 Å². The fourth-order valence-corrected chi connectivity index (χ4v) is 4.52. The summed E-state index contributed by atoms with van der Waals surface area (Å²) in [6.07, 6.45) is 1.20. The van der Waals surface area contributed by atoms with Crippen LogP contribution < -0.4 is 32.3 Å². The minimum Gasteiger partial charge on any atom is -0.461 e. The Labute approximate surface area is 297 Å². The summed E-state index contributed by atoms with van der Waals surface area (Å²) < 4.78 is 16.2. The monoisotopic (exact) mass is 710 g/mol. The Morgan fingerprint density at radius 1 is 0.902 bits per heavy atom. The average Bonchev–Trinajstić information content (AvgIpc) is 3.06. The molecule has 17 nitrogen and oxygen atoms in total. The van der Waals surface area contributed by atoms with Gasteiger partial charge in [0.1, 0.15) is 6.04 Å². The van der Waals surface area contributed by atoms with Gasteiger partial charge in [-0.2, -0.15) is 9.97 Å². The molecule has 0 aliphatic heterocycles. The summed E-state index contributed by atoms with van der Waals surface area (Å²) in [7, 11) is 1.85. The number of fused-ring (bicyclic) bond motifs is 1. The van der Waals surface area contributed by atoms with E-state index in [0.29, 0.717) is 55.3 Å². The molecule has 0 aliphatic rings. The first-order chi connectivity index (χ1) is 24.1. The number of hydrogen-bond acceptors (Lipinski definition) is 14. The molecule has 1 aromatic carbocycles. The van der Waals surface area contributed by atoms with Gasteiger partial charge in [-0.1, -0.05) is 20.8 Å². The van der Waals surface area contributed by atoms with Gasteiger partial charge in [0.25, 0.3) is 5.91 Å². The molecule has 2 heterocycles. The Morgan fingerprint density at radius 3 is 2.18 bits per heavy atom. The van der Waals surface area contributed by atoms with E-state index in [0.717, 1.165) is 5.69 Å². The summed E-state index contributed by atoms with van der Waals surface area (Å²) >= 11 is 0. The number of carbonyl (C=O) groups is 4. The van der Waals surface area contributed by atoms with Crippen molar-refractivity contribution >= 4 is 52.3 Å². The van der Waals surface area contributed by atoms with E-state index in [2.05, 4.69) is 35.9 Å². The number of carbonyl (C=O) groups excluding carboxylic acids is 4. The number of esters is 1. The normalized spacial score (nSPS) is 12.0. The van der Waals surface area contributed by atoms with E-state index in [1.807, 2.05) is 32.7 Å². The number of anilines is 3. The van der Waals surface area contributed by atoms with E-state index in [1.54, 1.807) is 44.3 Å². The van der Waals surface area contributed by atoms with Gasteiger partial charge in [0.05, 0.1) is 51.0 Å². The predicted molar refractivity (Wildman–Crippen MR) is 191 cm³/mol. The first kappa shape index (κ1) is 40.3. The van der Waals surface area contributed by atoms with Crippen LogP contribution in [-0.2, 0) is 35.1 Å². The Bertz CT molecular complexity index is 1630. The van der Waals surface area contributed by atoms with Gasteiger partial charge >= 0.3 is 5.97 Å². The summed E-state index contributed by atoms with van der Waals surface area (Å²) in [5.74, 6) is -1.30. The van der Waals surface area contributed by atoms with Crippen LogP contribution in [0.3, 0.4) is 0 Å². The second kappa shape index (κ2) is 19.3. The maximum Gasteiger partial charge on any atom is 0.328 e. The maximum absolute atomic E-state index is 13.1. The molecule has 3 aromatic rings. The van der Waals surface area contributed by atoms with Crippen LogP contribution in [0.1, 0.15) is 63.5 Å². The van der Waals surface area contributed by atoms with Crippen LogP contribution in [0.15, 0.2) is 30.5 Å². The standard InChI is InChI=1S/C34H50N10O7/c1-21(2)51-31(47)25(11-12-26(45)37-13-15-49-17-18-50-16-14-38-32(48)34(3,4)5)41-30(46)22-7-9-24(10-8-22)44(6)20-23-19-39-29-27(40-23)28(35)42-33(36)43-29/h7-10,19,21,25H,11-18,20H2,1-6H3,(H,37,45)(H,38,48)(H,41,46)(H4,35,36,39,42,43). The highest BCUT2D eigenvalue weighted by molar-refractivity contribution is 5.97. The SMILES string of the molecule is CC(C)OC(=O)C(CCC(=O)NCCOCCOCCNC(=O)C(C)(C)C)NC(=O)c1ccc(N(C)Cc2cnc3nc(N)nc(N)c3n2)cc1. The predicted octanol–water partition coefficient (Wildman–Crippen LogP) is 1.36. The van der Waals surface area contributed by atoms with Gasteiger partial charge in [-0.05, 0) is 44.5 Å². The number of ether oxygens (including phenoxy) is 3. The summed E-state index contributed by atoms with van der Waals surface area (Å²) in [6.45, 7) is 11.3. The molecule has 278 valence electrons. The van der Waals surface area contributed by atoms with E-state index >= 15 is 0 Å². The summed E-state index contributed by atoms with van der Waals surface area (Å²) in [6, 6.07) is 5.76. The lowest BCUT2D eigenvalue weighted by Crippen LogP contribution is -2.43. The summed E-state index contributed by atoms with van der Waals surface area (Å²) in [5, 5.41) is 8.25. The molecule has 1 unspecified atom stereocenters. The lowest BCUT2D eigenvalue weighted by molar-refractivity contribution is -0.150. The highest BCUT2D eigenvalue weighted by atomic mass is 16.5. The first-order valence-electron chi connectivity index (χ1n) is 16.7. The molecule has 51 heavy (non-hydrogen) atoms.